The van der Waals surface area contributed by atoms with Gasteiger partial charge in [0.1, 0.15) is 17.2 Å². The van der Waals surface area contributed by atoms with Crippen LogP contribution in [-0.4, -0.2) is 79.1 Å². The third-order valence-electron chi connectivity index (χ3n) is 7.92. The van der Waals surface area contributed by atoms with Crippen LogP contribution in [0.25, 0.3) is 0 Å². The monoisotopic (exact) mass is 613 g/mol. The number of aromatic nitrogens is 1. The van der Waals surface area contributed by atoms with Gasteiger partial charge in [-0.1, -0.05) is 23.2 Å². The highest BCUT2D eigenvalue weighted by atomic mass is 35.5. The Morgan fingerprint density at radius 3 is 2.49 bits per heavy atom. The van der Waals surface area contributed by atoms with Crippen LogP contribution >= 0.6 is 35.8 Å². The van der Waals surface area contributed by atoms with Crippen molar-refractivity contribution in [3.63, 3.8) is 0 Å². The van der Waals surface area contributed by atoms with E-state index in [4.69, 9.17) is 33.7 Å². The minimum atomic E-state index is -4.03. The van der Waals surface area contributed by atoms with Crippen molar-refractivity contribution in [2.45, 2.75) is 51.8 Å². The lowest BCUT2D eigenvalue weighted by Gasteiger charge is -2.44. The molecule has 1 aliphatic carbocycles. The zero-order valence-electron chi connectivity index (χ0n) is 21.1. The van der Waals surface area contributed by atoms with Crippen molar-refractivity contribution in [3.8, 4) is 5.75 Å². The second-order valence-corrected chi connectivity index (χ2v) is 13.9. The summed E-state index contributed by atoms with van der Waals surface area (Å²) in [4.78, 5) is 33.5. The molecule has 10 nitrogen and oxygen atoms in total. The molecule has 1 saturated carbocycles. The van der Waals surface area contributed by atoms with Crippen molar-refractivity contribution < 1.29 is 22.7 Å². The van der Waals surface area contributed by atoms with Gasteiger partial charge < -0.3 is 26.0 Å². The van der Waals surface area contributed by atoms with E-state index < -0.39 is 43.4 Å². The van der Waals surface area contributed by atoms with Crippen molar-refractivity contribution in [3.05, 3.63) is 52.3 Å². The Balaban J connectivity index is 1.49. The van der Waals surface area contributed by atoms with Gasteiger partial charge in [0.15, 0.2) is 9.84 Å². The molecule has 3 atom stereocenters. The van der Waals surface area contributed by atoms with Gasteiger partial charge in [-0.2, -0.15) is 12.6 Å². The summed E-state index contributed by atoms with van der Waals surface area (Å²) in [6, 6.07) is 6.59. The molecule has 210 valence electrons. The minimum Gasteiger partial charge on any atom is -0.497 e. The van der Waals surface area contributed by atoms with E-state index in [1.54, 1.807) is 12.1 Å². The molecular formula is C25H29Cl2N5O5S2. The number of hydrogen-bond acceptors (Lipinski definition) is 9. The first-order chi connectivity index (χ1) is 18.4. The normalized spacial score (nSPS) is 24.0. The number of carbonyl (C=O) groups excluding carboxylic acids is 2. The van der Waals surface area contributed by atoms with Gasteiger partial charge in [0.2, 0.25) is 11.8 Å². The van der Waals surface area contributed by atoms with E-state index in [9.17, 15) is 18.0 Å². The standard InChI is InChI=1S/C25H29Cl2N5O5S2/c1-37-15-3-4-19(17(27)8-15)39(35,36)16-9-18(21(33)31-25(6-7-25)22(28)38)32(11-16)23(34)24(12-29-13-24)20-5-2-14(26)10-30-20/h2-5,8,10,16,18,22,29,38H,6-7,9,11-13,28H2,1H3,(H,31,33)/t16-,18+,22?/m1/s1. The Morgan fingerprint density at radius 2 is 1.97 bits per heavy atom. The highest BCUT2D eigenvalue weighted by Crippen LogP contribution is 2.41. The summed E-state index contributed by atoms with van der Waals surface area (Å²) in [7, 11) is -2.57. The van der Waals surface area contributed by atoms with Gasteiger partial charge in [-0.05, 0) is 43.5 Å². The quantitative estimate of drug-likeness (QED) is 0.259. The Kier molecular flexibility index (Phi) is 7.57. The smallest absolute Gasteiger partial charge is 0.243 e. The topological polar surface area (TPSA) is 144 Å². The minimum absolute atomic E-state index is 0.00290. The van der Waals surface area contributed by atoms with Crippen molar-refractivity contribution >= 4 is 57.5 Å². The molecule has 3 heterocycles. The fraction of sp³-hybridized carbons (Fsp3) is 0.480. The average molecular weight is 615 g/mol. The van der Waals surface area contributed by atoms with E-state index in [-0.39, 0.29) is 28.8 Å². The van der Waals surface area contributed by atoms with E-state index >= 15 is 0 Å². The van der Waals surface area contributed by atoms with Crippen molar-refractivity contribution in [1.29, 1.82) is 0 Å². The maximum absolute atomic E-state index is 14.2. The molecule has 1 unspecified atom stereocenters. The number of pyridine rings is 1. The molecule has 0 spiro atoms. The van der Waals surface area contributed by atoms with Crippen LogP contribution in [0.15, 0.2) is 41.4 Å². The highest BCUT2D eigenvalue weighted by Gasteiger charge is 2.56. The molecule has 2 aliphatic heterocycles. The van der Waals surface area contributed by atoms with Crippen molar-refractivity contribution in [2.24, 2.45) is 5.73 Å². The molecule has 4 N–H and O–H groups in total. The van der Waals surface area contributed by atoms with Crippen LogP contribution in [0.2, 0.25) is 10.0 Å². The predicted molar refractivity (Wildman–Crippen MR) is 150 cm³/mol. The number of nitrogens with one attached hydrogen (secondary N) is 2. The summed E-state index contributed by atoms with van der Waals surface area (Å²) >= 11 is 16.7. The van der Waals surface area contributed by atoms with Crippen LogP contribution in [0.1, 0.15) is 25.0 Å². The van der Waals surface area contributed by atoms with E-state index in [1.807, 2.05) is 0 Å². The van der Waals surface area contributed by atoms with Gasteiger partial charge in [-0.15, -0.1) is 0 Å². The third-order valence-corrected chi connectivity index (χ3v) is 11.2. The number of nitrogens with zero attached hydrogens (tertiary/aromatic N) is 2. The maximum atomic E-state index is 14.2. The van der Waals surface area contributed by atoms with Gasteiger partial charge in [-0.3, -0.25) is 14.6 Å². The number of hydrogen-bond donors (Lipinski definition) is 4. The van der Waals surface area contributed by atoms with Crippen LogP contribution in [0.4, 0.5) is 0 Å². The number of likely N-dealkylation sites (tertiary alicyclic amines) is 1. The number of thiol groups is 1. The number of ether oxygens (including phenoxy) is 1. The fourth-order valence-corrected chi connectivity index (χ4v) is 7.89. The molecule has 2 saturated heterocycles. The first-order valence-electron chi connectivity index (χ1n) is 12.4. The molecule has 0 radical (unpaired) electrons. The van der Waals surface area contributed by atoms with Crippen LogP contribution in [-0.2, 0) is 24.8 Å². The number of nitrogens with two attached hydrogens (primary N) is 1. The summed E-state index contributed by atoms with van der Waals surface area (Å²) in [5.74, 6) is -0.433. The Labute approximate surface area is 242 Å². The van der Waals surface area contributed by atoms with Crippen LogP contribution in [0, 0.1) is 0 Å². The van der Waals surface area contributed by atoms with E-state index in [1.165, 1.54) is 36.4 Å². The summed E-state index contributed by atoms with van der Waals surface area (Å²) in [6.07, 6.45) is 2.66. The van der Waals surface area contributed by atoms with E-state index in [0.717, 1.165) is 0 Å². The van der Waals surface area contributed by atoms with E-state index in [2.05, 4.69) is 28.2 Å². The van der Waals surface area contributed by atoms with Crippen LogP contribution in [0.3, 0.4) is 0 Å². The summed E-state index contributed by atoms with van der Waals surface area (Å²) in [5.41, 5.74) is 4.75. The molecule has 2 aromatic rings. The lowest BCUT2D eigenvalue weighted by Crippen LogP contribution is -2.67. The lowest BCUT2D eigenvalue weighted by atomic mass is 9.76. The first kappa shape index (κ1) is 28.4. The Hall–Kier alpha value is -2.09. The number of rotatable bonds is 8. The zero-order chi connectivity index (χ0) is 28.2. The number of carbonyl (C=O) groups is 2. The fourth-order valence-electron chi connectivity index (χ4n) is 5.22. The first-order valence-corrected chi connectivity index (χ1v) is 15.2. The van der Waals surface area contributed by atoms with Crippen LogP contribution in [0.5, 0.6) is 5.75 Å². The summed E-state index contributed by atoms with van der Waals surface area (Å²) in [6.45, 7) is 0.397. The number of benzene rings is 1. The molecule has 3 aliphatic rings. The number of methoxy groups -OCH3 is 1. The van der Waals surface area contributed by atoms with E-state index in [0.29, 0.717) is 42.4 Å². The molecule has 14 heteroatoms. The second kappa shape index (κ2) is 10.4. The Bertz CT molecular complexity index is 1400. The van der Waals surface area contributed by atoms with Gasteiger partial charge >= 0.3 is 0 Å². The molecule has 39 heavy (non-hydrogen) atoms. The molecular weight excluding hydrogens is 585 g/mol. The maximum Gasteiger partial charge on any atom is 0.243 e. The number of amides is 2. The van der Waals surface area contributed by atoms with Crippen molar-refractivity contribution in [1.82, 2.24) is 20.5 Å². The SMILES string of the molecule is COc1ccc(S(=O)(=O)[C@@H]2C[C@@H](C(=O)NC3(C(N)S)CC3)N(C(=O)C3(c4ccc(Cl)cn4)CNC3)C2)c(Cl)c1. The highest BCUT2D eigenvalue weighted by molar-refractivity contribution is 7.92. The van der Waals surface area contributed by atoms with Gasteiger partial charge in [0, 0.05) is 31.9 Å². The van der Waals surface area contributed by atoms with Crippen molar-refractivity contribution in [2.75, 3.05) is 26.7 Å². The van der Waals surface area contributed by atoms with Crippen LogP contribution < -0.4 is 21.1 Å². The molecule has 1 aromatic carbocycles. The molecule has 0 bridgehead atoms. The number of halogens is 2. The lowest BCUT2D eigenvalue weighted by molar-refractivity contribution is -0.145. The number of sulfone groups is 1. The largest absolute Gasteiger partial charge is 0.497 e. The average Bonchev–Trinajstić information content (AvgIpc) is 3.51. The van der Waals surface area contributed by atoms with Gasteiger partial charge in [0.05, 0.1) is 43.9 Å². The Morgan fingerprint density at radius 1 is 1.26 bits per heavy atom. The van der Waals surface area contributed by atoms with Gasteiger partial charge in [0.25, 0.3) is 0 Å². The molecule has 3 fully saturated rings. The second-order valence-electron chi connectivity index (χ2n) is 10.3. The van der Waals surface area contributed by atoms with Gasteiger partial charge in [-0.25, -0.2) is 8.42 Å². The zero-order valence-corrected chi connectivity index (χ0v) is 24.3. The molecule has 5 rings (SSSR count). The molecule has 2 amide bonds. The predicted octanol–water partition coefficient (Wildman–Crippen LogP) is 1.54. The summed E-state index contributed by atoms with van der Waals surface area (Å²) < 4.78 is 32.7. The molecule has 1 aromatic heterocycles. The summed E-state index contributed by atoms with van der Waals surface area (Å²) in [5, 5.41) is 4.83. The third kappa shape index (κ3) is 5.00.